The second-order valence-corrected chi connectivity index (χ2v) is 15.7. The van der Waals surface area contributed by atoms with E-state index in [2.05, 4.69) is 75.9 Å². The van der Waals surface area contributed by atoms with Gasteiger partial charge in [0.25, 0.3) is 0 Å². The van der Waals surface area contributed by atoms with Gasteiger partial charge < -0.3 is 19.4 Å². The highest BCUT2D eigenvalue weighted by Crippen LogP contribution is 2.34. The number of H-pyrrole nitrogens is 1. The average molecular weight is 677 g/mol. The predicted molar refractivity (Wildman–Crippen MR) is 196 cm³/mol. The van der Waals surface area contributed by atoms with Gasteiger partial charge in [-0.3, -0.25) is 15.2 Å². The summed E-state index contributed by atoms with van der Waals surface area (Å²) in [5, 5.41) is 5.86. The van der Waals surface area contributed by atoms with E-state index in [9.17, 15) is 9.59 Å². The molecule has 10 heteroatoms. The molecule has 2 amide bonds. The molecule has 50 heavy (non-hydrogen) atoms. The first kappa shape index (κ1) is 33.8. The summed E-state index contributed by atoms with van der Waals surface area (Å²) in [6.45, 7) is 13.4. The molecular formula is C40H48N6O4. The Morgan fingerprint density at radius 1 is 0.740 bits per heavy atom. The van der Waals surface area contributed by atoms with Crippen molar-refractivity contribution in [3.63, 3.8) is 0 Å². The topological polar surface area (TPSA) is 112 Å². The average Bonchev–Trinajstić information content (AvgIpc) is 3.88. The van der Waals surface area contributed by atoms with Crippen LogP contribution in [0.5, 0.6) is 0 Å². The second-order valence-electron chi connectivity index (χ2n) is 15.7. The standard InChI is InChI=1S/C40H48N6O4/c1-39(2,3)49-37(47)45-19-7-9-33(45)35-41-23-31(43-35)26-13-11-25(12-14-26)27-15-16-29-22-30(18-17-28(29)21-27)32-24-42-36(44-32)34-10-8-20-46(34)38(48)50-40(4,5)6/h11-18,21-23,33-34,36,42H,7-10,19-20,24H2,1-6H3,(H,41,43). The van der Waals surface area contributed by atoms with Crippen molar-refractivity contribution in [3.8, 4) is 22.4 Å². The molecule has 262 valence electrons. The van der Waals surface area contributed by atoms with Crippen LogP contribution in [0, 0.1) is 0 Å². The maximum atomic E-state index is 12.9. The Balaban J connectivity index is 1.02. The molecule has 3 atom stereocenters. The highest BCUT2D eigenvalue weighted by atomic mass is 16.6. The lowest BCUT2D eigenvalue weighted by atomic mass is 9.98. The first-order valence-corrected chi connectivity index (χ1v) is 17.8. The fraction of sp³-hybridized carbons (Fsp3) is 0.450. The number of imidazole rings is 1. The lowest BCUT2D eigenvalue weighted by Gasteiger charge is -2.30. The van der Waals surface area contributed by atoms with E-state index in [0.29, 0.717) is 19.6 Å². The maximum Gasteiger partial charge on any atom is 0.410 e. The van der Waals surface area contributed by atoms with Gasteiger partial charge in [-0.2, -0.15) is 0 Å². The third kappa shape index (κ3) is 7.26. The van der Waals surface area contributed by atoms with Gasteiger partial charge in [-0.25, -0.2) is 14.6 Å². The van der Waals surface area contributed by atoms with Gasteiger partial charge in [0.05, 0.1) is 29.7 Å². The number of benzene rings is 3. The lowest BCUT2D eigenvalue weighted by Crippen LogP contribution is -2.48. The number of hydrogen-bond acceptors (Lipinski definition) is 7. The Morgan fingerprint density at radius 2 is 1.32 bits per heavy atom. The van der Waals surface area contributed by atoms with Crippen LogP contribution in [-0.4, -0.2) is 80.7 Å². The van der Waals surface area contributed by atoms with Gasteiger partial charge in [-0.1, -0.05) is 48.5 Å². The maximum absolute atomic E-state index is 12.9. The fourth-order valence-electron chi connectivity index (χ4n) is 7.22. The monoisotopic (exact) mass is 676 g/mol. The number of aliphatic imine (C=N–C) groups is 1. The summed E-state index contributed by atoms with van der Waals surface area (Å²) >= 11 is 0. The molecule has 10 nitrogen and oxygen atoms in total. The predicted octanol–water partition coefficient (Wildman–Crippen LogP) is 8.09. The molecule has 7 rings (SSSR count). The Morgan fingerprint density at radius 3 is 2.02 bits per heavy atom. The molecule has 2 N–H and O–H groups in total. The number of amides is 2. The van der Waals surface area contributed by atoms with Gasteiger partial charge in [0.2, 0.25) is 0 Å². The van der Waals surface area contributed by atoms with E-state index in [0.717, 1.165) is 75.9 Å². The molecule has 2 saturated heterocycles. The van der Waals surface area contributed by atoms with Gasteiger partial charge in [0.1, 0.15) is 23.2 Å². The highest BCUT2D eigenvalue weighted by molar-refractivity contribution is 6.06. The summed E-state index contributed by atoms with van der Waals surface area (Å²) in [5.74, 6) is 0.789. The van der Waals surface area contributed by atoms with Crippen LogP contribution >= 0.6 is 0 Å². The molecule has 4 heterocycles. The zero-order valence-electron chi connectivity index (χ0n) is 30.0. The third-order valence-electron chi connectivity index (χ3n) is 9.56. The van der Waals surface area contributed by atoms with Crippen molar-refractivity contribution in [3.05, 3.63) is 78.2 Å². The molecule has 0 radical (unpaired) electrons. The molecule has 3 unspecified atom stereocenters. The second kappa shape index (κ2) is 13.2. The van der Waals surface area contributed by atoms with Gasteiger partial charge in [-0.15, -0.1) is 0 Å². The van der Waals surface area contributed by atoms with E-state index in [4.69, 9.17) is 14.5 Å². The van der Waals surface area contributed by atoms with Crippen LogP contribution in [0.25, 0.3) is 33.2 Å². The molecule has 0 spiro atoms. The third-order valence-corrected chi connectivity index (χ3v) is 9.56. The number of likely N-dealkylation sites (tertiary alicyclic amines) is 2. The van der Waals surface area contributed by atoms with Crippen LogP contribution in [0.2, 0.25) is 0 Å². The Hall–Kier alpha value is -4.70. The van der Waals surface area contributed by atoms with Crippen molar-refractivity contribution in [2.75, 3.05) is 19.6 Å². The van der Waals surface area contributed by atoms with E-state index in [1.54, 1.807) is 4.90 Å². The smallest absolute Gasteiger partial charge is 0.410 e. The molecular weight excluding hydrogens is 628 g/mol. The zero-order valence-corrected chi connectivity index (χ0v) is 30.0. The summed E-state index contributed by atoms with van der Waals surface area (Å²) in [7, 11) is 0. The molecule has 1 aromatic heterocycles. The van der Waals surface area contributed by atoms with Crippen molar-refractivity contribution in [1.82, 2.24) is 25.1 Å². The van der Waals surface area contributed by atoms with Crippen molar-refractivity contribution in [2.24, 2.45) is 4.99 Å². The van der Waals surface area contributed by atoms with E-state index in [1.807, 2.05) is 52.6 Å². The Bertz CT molecular complexity index is 1920. The van der Waals surface area contributed by atoms with Crippen LogP contribution in [0.3, 0.4) is 0 Å². The minimum Gasteiger partial charge on any atom is -0.444 e. The number of carbonyl (C=O) groups is 2. The molecule has 0 bridgehead atoms. The number of nitrogens with zero attached hydrogens (tertiary/aromatic N) is 4. The summed E-state index contributed by atoms with van der Waals surface area (Å²) in [6.07, 6.45) is 4.80. The van der Waals surface area contributed by atoms with Crippen molar-refractivity contribution >= 4 is 28.7 Å². The van der Waals surface area contributed by atoms with E-state index >= 15 is 0 Å². The molecule has 0 saturated carbocycles. The van der Waals surface area contributed by atoms with Crippen LogP contribution in [0.4, 0.5) is 9.59 Å². The molecule has 3 aliphatic rings. The van der Waals surface area contributed by atoms with Gasteiger partial charge in [-0.05, 0) is 112 Å². The normalized spacial score (nSPS) is 21.2. The minimum absolute atomic E-state index is 0.00566. The lowest BCUT2D eigenvalue weighted by molar-refractivity contribution is 0.0197. The van der Waals surface area contributed by atoms with Crippen molar-refractivity contribution in [2.45, 2.75) is 96.7 Å². The van der Waals surface area contributed by atoms with Crippen LogP contribution < -0.4 is 5.32 Å². The number of hydrogen-bond donors (Lipinski definition) is 2. The van der Waals surface area contributed by atoms with E-state index < -0.39 is 11.2 Å². The molecule has 3 aliphatic heterocycles. The molecule has 2 fully saturated rings. The highest BCUT2D eigenvalue weighted by Gasteiger charge is 2.39. The molecule has 0 aliphatic carbocycles. The van der Waals surface area contributed by atoms with Crippen LogP contribution in [0.15, 0.2) is 71.9 Å². The molecule has 4 aromatic rings. The van der Waals surface area contributed by atoms with Crippen molar-refractivity contribution in [1.29, 1.82) is 0 Å². The van der Waals surface area contributed by atoms with Gasteiger partial charge in [0.15, 0.2) is 0 Å². The number of nitrogens with one attached hydrogen (secondary N) is 2. The zero-order chi connectivity index (χ0) is 35.2. The fourth-order valence-corrected chi connectivity index (χ4v) is 7.22. The molecule has 3 aromatic carbocycles. The number of carbonyl (C=O) groups excluding carboxylic acids is 2. The van der Waals surface area contributed by atoms with Crippen LogP contribution in [-0.2, 0) is 9.47 Å². The van der Waals surface area contributed by atoms with Gasteiger partial charge in [0, 0.05) is 19.6 Å². The number of ether oxygens (including phenoxy) is 2. The SMILES string of the molecule is CC(C)(C)OC(=O)N1CCCC1c1ncc(-c2ccc(-c3ccc4cc(C5=NC(C6CCCN6C(=O)OC(C)(C)C)NC5)ccc4c3)cc2)[nH]1. The largest absolute Gasteiger partial charge is 0.444 e. The summed E-state index contributed by atoms with van der Waals surface area (Å²) in [5.41, 5.74) is 5.28. The quantitative estimate of drug-likeness (QED) is 0.221. The summed E-state index contributed by atoms with van der Waals surface area (Å²) in [4.78, 5) is 42.5. The number of aromatic amines is 1. The first-order valence-electron chi connectivity index (χ1n) is 17.8. The van der Waals surface area contributed by atoms with E-state index in [1.165, 1.54) is 0 Å². The summed E-state index contributed by atoms with van der Waals surface area (Å²) < 4.78 is 11.3. The van der Waals surface area contributed by atoms with Crippen molar-refractivity contribution < 1.29 is 19.1 Å². The number of rotatable bonds is 5. The van der Waals surface area contributed by atoms with Gasteiger partial charge >= 0.3 is 12.2 Å². The summed E-state index contributed by atoms with van der Waals surface area (Å²) in [6, 6.07) is 21.4. The Kier molecular flexibility index (Phi) is 8.92. The number of fused-ring (bicyclic) bond motifs is 1. The Labute approximate surface area is 294 Å². The minimum atomic E-state index is -0.536. The first-order chi connectivity index (χ1) is 23.8. The van der Waals surface area contributed by atoms with Crippen LogP contribution in [0.1, 0.15) is 84.7 Å². The number of aromatic nitrogens is 2. The van der Waals surface area contributed by atoms with E-state index in [-0.39, 0.29) is 30.4 Å².